The van der Waals surface area contributed by atoms with Gasteiger partial charge in [0.2, 0.25) is 0 Å². The predicted molar refractivity (Wildman–Crippen MR) is 149 cm³/mol. The number of carbonyl (C=O) groups is 2. The van der Waals surface area contributed by atoms with Crippen molar-refractivity contribution in [2.45, 2.75) is 58.7 Å². The van der Waals surface area contributed by atoms with Crippen LogP contribution < -0.4 is 10.8 Å². The molecule has 1 unspecified atom stereocenters. The largest absolute Gasteiger partial charge is 0.494 e. The Labute approximate surface area is 218 Å². The Morgan fingerprint density at radius 2 is 1.64 bits per heavy atom. The molecule has 1 aromatic rings. The van der Waals surface area contributed by atoms with Crippen molar-refractivity contribution in [3.8, 4) is 0 Å². The maximum Gasteiger partial charge on any atom is 0.494 e. The molecule has 1 aliphatic rings. The van der Waals surface area contributed by atoms with Gasteiger partial charge >= 0.3 is 19.2 Å². The molecule has 0 radical (unpaired) electrons. The van der Waals surface area contributed by atoms with E-state index in [9.17, 15) is 9.59 Å². The summed E-state index contributed by atoms with van der Waals surface area (Å²) in [5.41, 5.74) is 0.661. The van der Waals surface area contributed by atoms with Crippen LogP contribution in [0.5, 0.6) is 0 Å². The van der Waals surface area contributed by atoms with Gasteiger partial charge in [0.25, 0.3) is 0 Å². The van der Waals surface area contributed by atoms with Gasteiger partial charge in [-0.2, -0.15) is 0 Å². The van der Waals surface area contributed by atoms with E-state index in [-0.39, 0.29) is 6.54 Å². The molecule has 1 N–H and O–H groups in total. The fourth-order valence-electron chi connectivity index (χ4n) is 3.36. The summed E-state index contributed by atoms with van der Waals surface area (Å²) in [5.74, 6) is 0.0692. The van der Waals surface area contributed by atoms with E-state index in [1.165, 1.54) is 0 Å². The van der Waals surface area contributed by atoms with Crippen LogP contribution in [-0.4, -0.2) is 68.1 Å². The zero-order valence-corrected chi connectivity index (χ0v) is 24.0. The van der Waals surface area contributed by atoms with E-state index in [2.05, 4.69) is 24.1 Å². The first-order valence-electron chi connectivity index (χ1n) is 12.2. The molecule has 1 aromatic carbocycles. The van der Waals surface area contributed by atoms with Crippen LogP contribution in [0.1, 0.15) is 53.0 Å². The second kappa shape index (κ2) is 12.3. The van der Waals surface area contributed by atoms with Crippen molar-refractivity contribution in [1.82, 2.24) is 5.32 Å². The van der Waals surface area contributed by atoms with Gasteiger partial charge in [0.05, 0.1) is 17.1 Å². The number of benzene rings is 1. The average molecular weight is 520 g/mol. The molecule has 1 aliphatic heterocycles. The summed E-state index contributed by atoms with van der Waals surface area (Å²) in [4.78, 5) is 25.4. The Morgan fingerprint density at radius 1 is 1.06 bits per heavy atom. The first kappa shape index (κ1) is 30.0. The molecule has 36 heavy (non-hydrogen) atoms. The van der Waals surface area contributed by atoms with E-state index in [1.807, 2.05) is 58.9 Å². The summed E-state index contributed by atoms with van der Waals surface area (Å²) in [6.45, 7) is 12.0. The fraction of sp³-hybridized carbons (Fsp3) is 0.556. The molecule has 1 atom stereocenters. The summed E-state index contributed by atoms with van der Waals surface area (Å²) >= 11 is 0. The molecule has 200 valence electrons. The van der Waals surface area contributed by atoms with E-state index in [1.54, 1.807) is 25.2 Å². The number of allylic oxidation sites excluding steroid dienone is 3. The molecule has 0 aromatic heterocycles. The van der Waals surface area contributed by atoms with Crippen molar-refractivity contribution in [1.29, 1.82) is 0 Å². The van der Waals surface area contributed by atoms with Gasteiger partial charge in [-0.25, -0.2) is 14.8 Å². The van der Waals surface area contributed by atoms with Crippen molar-refractivity contribution < 1.29 is 28.4 Å². The number of hydrogen-bond donors (Lipinski definition) is 1. The monoisotopic (exact) mass is 519 g/mol. The molecular weight excluding hydrogens is 477 g/mol. The fourth-order valence-corrected chi connectivity index (χ4v) is 3.95. The minimum Gasteiger partial charge on any atom is -0.449 e. The highest BCUT2D eigenvalue weighted by Crippen LogP contribution is 2.36. The Bertz CT molecular complexity index is 949. The number of alkyl carbamates (subject to hydrolysis) is 1. The van der Waals surface area contributed by atoms with Crippen LogP contribution in [0.3, 0.4) is 0 Å². The number of rotatable bonds is 10. The molecule has 0 spiro atoms. The Morgan fingerprint density at radius 3 is 2.14 bits per heavy atom. The van der Waals surface area contributed by atoms with Crippen molar-refractivity contribution in [3.05, 3.63) is 53.8 Å². The number of ether oxygens (including phenoxy) is 2. The van der Waals surface area contributed by atoms with Gasteiger partial charge in [0, 0.05) is 12.3 Å². The van der Waals surface area contributed by atoms with Gasteiger partial charge < -0.3 is 24.1 Å². The van der Waals surface area contributed by atoms with E-state index in [0.29, 0.717) is 17.9 Å². The quantitative estimate of drug-likeness (QED) is 0.212. The highest BCUT2D eigenvalue weighted by Gasteiger charge is 2.51. The smallest absolute Gasteiger partial charge is 0.449 e. The Hall–Kier alpha value is -2.23. The van der Waals surface area contributed by atoms with Gasteiger partial charge in [0.1, 0.15) is 12.4 Å². The first-order valence-corrected chi connectivity index (χ1v) is 15.2. The lowest BCUT2D eigenvalue weighted by Gasteiger charge is -2.32. The number of carbonyl (C=O) groups excluding carboxylic acids is 2. The summed E-state index contributed by atoms with van der Waals surface area (Å²) in [7, 11) is -1.27. The van der Waals surface area contributed by atoms with Crippen molar-refractivity contribution >= 4 is 34.7 Å². The number of nitrogens with one attached hydrogen (secondary N) is 1. The van der Waals surface area contributed by atoms with Gasteiger partial charge in [0.15, 0.2) is 0 Å². The van der Waals surface area contributed by atoms with Crippen LogP contribution in [0.4, 0.5) is 4.79 Å². The highest BCUT2D eigenvalue weighted by atomic mass is 32.3. The molecule has 1 fully saturated rings. The summed E-state index contributed by atoms with van der Waals surface area (Å²) < 4.78 is 23.2. The molecule has 7 nitrogen and oxygen atoms in total. The lowest BCUT2D eigenvalue weighted by atomic mass is 9.78. The third kappa shape index (κ3) is 8.42. The number of amides is 1. The zero-order chi connectivity index (χ0) is 27.1. The van der Waals surface area contributed by atoms with Crippen LogP contribution >= 0.6 is 10.0 Å². The van der Waals surface area contributed by atoms with Crippen LogP contribution in [-0.2, 0) is 23.6 Å². The highest BCUT2D eigenvalue weighted by molar-refractivity contribution is 8.32. The predicted octanol–water partition coefficient (Wildman–Crippen LogP) is 4.51. The average Bonchev–Trinajstić information content (AvgIpc) is 3.00. The first-order chi connectivity index (χ1) is 16.7. The van der Waals surface area contributed by atoms with Crippen LogP contribution in [0.25, 0.3) is 0 Å². The van der Waals surface area contributed by atoms with Crippen molar-refractivity contribution in [2.75, 3.05) is 37.7 Å². The van der Waals surface area contributed by atoms with Gasteiger partial charge in [-0.3, -0.25) is 4.79 Å². The lowest BCUT2D eigenvalue weighted by Crippen LogP contribution is -2.41. The number of hydrogen-bond acceptors (Lipinski definition) is 6. The standard InChI is InChI=1S/C27H42BNO6S/c1-10-12-22(11-2)33-24(30)23(19-29-25(31)32-17-18-36(7,8)9)20-13-15-21(16-14-20)28-34-26(3,4)27(5,6)35-28/h10-16,23H,17-19H2,1-9H3,(H,29,31)/b12-10-,22-11+. The second-order valence-electron chi connectivity index (χ2n) is 10.7. The maximum atomic E-state index is 13.1. The Balaban J connectivity index is 2.17. The summed E-state index contributed by atoms with van der Waals surface area (Å²) in [5, 5.41) is 2.72. The topological polar surface area (TPSA) is 83.1 Å². The van der Waals surface area contributed by atoms with Gasteiger partial charge in [-0.05, 0) is 83.5 Å². The second-order valence-corrected chi connectivity index (χ2v) is 15.3. The third-order valence-corrected chi connectivity index (χ3v) is 7.75. The third-order valence-electron chi connectivity index (χ3n) is 6.36. The summed E-state index contributed by atoms with van der Waals surface area (Å²) in [6, 6.07) is 7.44. The molecular formula is C27H42BNO6S. The van der Waals surface area contributed by atoms with Crippen molar-refractivity contribution in [3.63, 3.8) is 0 Å². The molecule has 2 rings (SSSR count). The van der Waals surface area contributed by atoms with E-state index in [0.717, 1.165) is 11.2 Å². The molecule has 9 heteroatoms. The maximum absolute atomic E-state index is 13.1. The molecule has 1 heterocycles. The van der Waals surface area contributed by atoms with Crippen LogP contribution in [0.2, 0.25) is 0 Å². The zero-order valence-electron chi connectivity index (χ0n) is 23.2. The van der Waals surface area contributed by atoms with Crippen molar-refractivity contribution in [2.24, 2.45) is 0 Å². The molecule has 1 amide bonds. The molecule has 0 aliphatic carbocycles. The van der Waals surface area contributed by atoms with Crippen LogP contribution in [0.15, 0.2) is 48.3 Å². The summed E-state index contributed by atoms with van der Waals surface area (Å²) in [6.07, 6.45) is 11.2. The Kier molecular flexibility index (Phi) is 10.3. The van der Waals surface area contributed by atoms with Gasteiger partial charge in [-0.15, -0.1) is 0 Å². The van der Waals surface area contributed by atoms with E-state index < -0.39 is 46.3 Å². The molecule has 0 saturated carbocycles. The SMILES string of the molecule is C/C=C\C(=C/C)OC(=O)C(CNC(=O)OCCS(C)(C)C)c1ccc(B2OC(C)(C)C(C)(C)O2)cc1. The van der Waals surface area contributed by atoms with Gasteiger partial charge in [-0.1, -0.05) is 30.3 Å². The minimum absolute atomic E-state index is 0.0444. The van der Waals surface area contributed by atoms with E-state index in [4.69, 9.17) is 18.8 Å². The normalized spacial score (nSPS) is 18.7. The number of esters is 1. The molecule has 0 bridgehead atoms. The van der Waals surface area contributed by atoms with Crippen LogP contribution in [0, 0.1) is 0 Å². The minimum atomic E-state index is -0.768. The van der Waals surface area contributed by atoms with E-state index >= 15 is 0 Å². The lowest BCUT2D eigenvalue weighted by molar-refractivity contribution is -0.140. The molecule has 1 saturated heterocycles.